The van der Waals surface area contributed by atoms with Crippen molar-refractivity contribution < 1.29 is 4.79 Å². The Morgan fingerprint density at radius 2 is 2.11 bits per heavy atom. The second-order valence-electron chi connectivity index (χ2n) is 7.98. The molecule has 1 saturated carbocycles. The molecule has 2 aromatic rings. The van der Waals surface area contributed by atoms with Crippen LogP contribution in [0.2, 0.25) is 0 Å². The number of aromatic nitrogens is 3. The lowest BCUT2D eigenvalue weighted by atomic mass is 10.1. The maximum absolute atomic E-state index is 13.2. The van der Waals surface area contributed by atoms with E-state index in [1.807, 2.05) is 28.0 Å². The first-order chi connectivity index (χ1) is 13.7. The average molecular weight is 378 g/mol. The van der Waals surface area contributed by atoms with Crippen molar-refractivity contribution in [3.8, 4) is 0 Å². The zero-order valence-corrected chi connectivity index (χ0v) is 16.3. The summed E-state index contributed by atoms with van der Waals surface area (Å²) in [5.41, 5.74) is 1.92. The van der Waals surface area contributed by atoms with E-state index in [0.29, 0.717) is 19.0 Å². The van der Waals surface area contributed by atoms with Crippen molar-refractivity contribution in [3.05, 3.63) is 41.6 Å². The van der Waals surface area contributed by atoms with Gasteiger partial charge in [-0.3, -0.25) is 19.8 Å². The van der Waals surface area contributed by atoms with Gasteiger partial charge in [0.25, 0.3) is 0 Å². The highest BCUT2D eigenvalue weighted by atomic mass is 16.2. The molecule has 2 aromatic heterocycles. The van der Waals surface area contributed by atoms with Crippen LogP contribution < -0.4 is 4.90 Å². The maximum Gasteiger partial charge on any atom is 0.331 e. The molecular weight excluding hydrogens is 352 g/mol. The molecule has 0 aromatic carbocycles. The number of amidine groups is 1. The minimum Gasteiger partial charge on any atom is -0.337 e. The summed E-state index contributed by atoms with van der Waals surface area (Å²) in [6, 6.07) is 5.96. The van der Waals surface area contributed by atoms with Crippen molar-refractivity contribution in [2.45, 2.75) is 57.4 Å². The number of H-pyrrole nitrogens is 1. The monoisotopic (exact) mass is 378 g/mol. The number of carbonyl (C=O) groups is 1. The molecule has 1 aliphatic carbocycles. The fourth-order valence-electron chi connectivity index (χ4n) is 4.61. The topological polar surface area (TPSA) is 77.5 Å². The first-order valence-electron chi connectivity index (χ1n) is 10.4. The van der Waals surface area contributed by atoms with E-state index >= 15 is 0 Å². The van der Waals surface area contributed by atoms with E-state index in [1.165, 1.54) is 25.7 Å². The summed E-state index contributed by atoms with van der Waals surface area (Å²) in [6.45, 7) is 3.37. The summed E-state index contributed by atoms with van der Waals surface area (Å²) < 4.78 is 0. The Labute approximate surface area is 164 Å². The van der Waals surface area contributed by atoms with Gasteiger partial charge in [0, 0.05) is 30.8 Å². The number of pyridine rings is 1. The average Bonchev–Trinajstić information content (AvgIpc) is 3.44. The third-order valence-electron chi connectivity index (χ3n) is 5.96. The predicted octanol–water partition coefficient (Wildman–Crippen LogP) is 3.49. The Hall–Kier alpha value is -2.70. The fraction of sp³-hybridized carbons (Fsp3) is 0.524. The van der Waals surface area contributed by atoms with E-state index in [9.17, 15) is 4.79 Å². The molecule has 1 atom stereocenters. The van der Waals surface area contributed by atoms with Crippen LogP contribution in [0.25, 0.3) is 0 Å². The van der Waals surface area contributed by atoms with Gasteiger partial charge in [-0.25, -0.2) is 9.78 Å². The summed E-state index contributed by atoms with van der Waals surface area (Å²) >= 11 is 0. The lowest BCUT2D eigenvalue weighted by Crippen LogP contribution is -2.50. The van der Waals surface area contributed by atoms with Gasteiger partial charge in [-0.1, -0.05) is 25.8 Å². The lowest BCUT2D eigenvalue weighted by Gasteiger charge is -2.32. The third-order valence-corrected chi connectivity index (χ3v) is 5.96. The molecular formula is C21H26N6O. The number of carbonyl (C=O) groups excluding carboxylic acids is 1. The molecule has 7 nitrogen and oxygen atoms in total. The van der Waals surface area contributed by atoms with Crippen molar-refractivity contribution in [1.29, 1.82) is 0 Å². The minimum absolute atomic E-state index is 0.00101. The zero-order chi connectivity index (χ0) is 19.1. The van der Waals surface area contributed by atoms with Gasteiger partial charge in [0.05, 0.1) is 12.6 Å². The normalized spacial score (nSPS) is 21.8. The van der Waals surface area contributed by atoms with Gasteiger partial charge in [-0.2, -0.15) is 0 Å². The number of anilines is 1. The van der Waals surface area contributed by atoms with Crippen LogP contribution in [0.3, 0.4) is 0 Å². The molecule has 7 heteroatoms. The Balaban J connectivity index is 1.49. The molecule has 4 heterocycles. The van der Waals surface area contributed by atoms with Gasteiger partial charge >= 0.3 is 6.03 Å². The van der Waals surface area contributed by atoms with E-state index < -0.39 is 0 Å². The Morgan fingerprint density at radius 3 is 2.86 bits per heavy atom. The molecule has 1 N–H and O–H groups in total. The molecule has 146 valence electrons. The summed E-state index contributed by atoms with van der Waals surface area (Å²) in [5.74, 6) is 3.02. The van der Waals surface area contributed by atoms with E-state index in [4.69, 9.17) is 9.98 Å². The standard InChI is InChI=1S/C21H26N6O/c1-2-11-26-20-17(24-18(25-20)14-7-3-4-8-14)19-23-16(13-27(19)21(26)28)12-15-9-5-6-10-22-15/h5-6,9-10,14,16H,2-4,7-8,11-13H2,1H3,(H,24,25). The summed E-state index contributed by atoms with van der Waals surface area (Å²) in [7, 11) is 0. The SMILES string of the molecule is CCCN1C(=O)N2CC(Cc3ccccn3)N=C2c2[nH]c(C3CCCC3)nc21. The van der Waals surface area contributed by atoms with Crippen molar-refractivity contribution in [2.24, 2.45) is 4.99 Å². The molecule has 5 rings (SSSR count). The number of fused-ring (bicyclic) bond motifs is 3. The van der Waals surface area contributed by atoms with E-state index in [0.717, 1.165) is 41.7 Å². The number of aromatic amines is 1. The van der Waals surface area contributed by atoms with Gasteiger partial charge < -0.3 is 4.98 Å². The third kappa shape index (κ3) is 2.89. The van der Waals surface area contributed by atoms with Crippen LogP contribution in [0, 0.1) is 0 Å². The van der Waals surface area contributed by atoms with Gasteiger partial charge in [-0.05, 0) is 31.4 Å². The summed E-state index contributed by atoms with van der Waals surface area (Å²) in [6.07, 6.45) is 8.30. The Bertz CT molecular complexity index is 899. The van der Waals surface area contributed by atoms with E-state index in [1.54, 1.807) is 6.20 Å². The number of hydrogen-bond acceptors (Lipinski definition) is 4. The van der Waals surface area contributed by atoms with E-state index in [-0.39, 0.29) is 12.1 Å². The van der Waals surface area contributed by atoms with Crippen LogP contribution in [0.1, 0.15) is 62.2 Å². The van der Waals surface area contributed by atoms with Crippen LogP contribution in [0.15, 0.2) is 29.4 Å². The molecule has 0 bridgehead atoms. The van der Waals surface area contributed by atoms with Crippen LogP contribution in [-0.4, -0.2) is 50.8 Å². The smallest absolute Gasteiger partial charge is 0.331 e. The van der Waals surface area contributed by atoms with Crippen LogP contribution >= 0.6 is 0 Å². The summed E-state index contributed by atoms with van der Waals surface area (Å²) in [5, 5.41) is 0. The largest absolute Gasteiger partial charge is 0.337 e. The lowest BCUT2D eigenvalue weighted by molar-refractivity contribution is 0.226. The van der Waals surface area contributed by atoms with Gasteiger partial charge in [-0.15, -0.1) is 0 Å². The number of urea groups is 1. The minimum atomic E-state index is 0.00101. The molecule has 2 amide bonds. The molecule has 0 spiro atoms. The summed E-state index contributed by atoms with van der Waals surface area (Å²) in [4.78, 5) is 34.6. The first-order valence-corrected chi connectivity index (χ1v) is 10.4. The van der Waals surface area contributed by atoms with Crippen LogP contribution in [0.4, 0.5) is 10.6 Å². The highest BCUT2D eigenvalue weighted by Gasteiger charge is 2.42. The van der Waals surface area contributed by atoms with Crippen molar-refractivity contribution in [1.82, 2.24) is 19.9 Å². The molecule has 3 aliphatic rings. The number of hydrogen-bond donors (Lipinski definition) is 1. The Morgan fingerprint density at radius 1 is 1.25 bits per heavy atom. The van der Waals surface area contributed by atoms with Crippen molar-refractivity contribution in [2.75, 3.05) is 18.0 Å². The number of nitrogens with one attached hydrogen (secondary N) is 1. The first kappa shape index (κ1) is 17.4. The number of imidazole rings is 1. The van der Waals surface area contributed by atoms with E-state index in [2.05, 4.69) is 16.9 Å². The number of rotatable bonds is 5. The number of amides is 2. The zero-order valence-electron chi connectivity index (χ0n) is 16.3. The van der Waals surface area contributed by atoms with Crippen LogP contribution in [0.5, 0.6) is 0 Å². The number of aliphatic imine (C=N–C) groups is 1. The van der Waals surface area contributed by atoms with Crippen molar-refractivity contribution in [3.63, 3.8) is 0 Å². The molecule has 0 radical (unpaired) electrons. The highest BCUT2D eigenvalue weighted by Crippen LogP contribution is 2.37. The number of nitrogens with zero attached hydrogens (tertiary/aromatic N) is 5. The Kier molecular flexibility index (Phi) is 4.37. The van der Waals surface area contributed by atoms with Crippen molar-refractivity contribution >= 4 is 17.7 Å². The maximum atomic E-state index is 13.2. The van der Waals surface area contributed by atoms with Gasteiger partial charge in [0.2, 0.25) is 0 Å². The van der Waals surface area contributed by atoms with Gasteiger partial charge in [0.15, 0.2) is 11.7 Å². The molecule has 1 unspecified atom stereocenters. The predicted molar refractivity (Wildman–Crippen MR) is 108 cm³/mol. The second kappa shape index (κ2) is 7.04. The molecule has 0 saturated heterocycles. The highest BCUT2D eigenvalue weighted by molar-refractivity contribution is 6.18. The molecule has 2 aliphatic heterocycles. The van der Waals surface area contributed by atoms with Crippen LogP contribution in [-0.2, 0) is 6.42 Å². The quantitative estimate of drug-likeness (QED) is 0.865. The van der Waals surface area contributed by atoms with Gasteiger partial charge in [0.1, 0.15) is 11.5 Å². The fourth-order valence-corrected chi connectivity index (χ4v) is 4.61. The molecule has 28 heavy (non-hydrogen) atoms. The molecule has 1 fully saturated rings. The second-order valence-corrected chi connectivity index (χ2v) is 7.98.